The van der Waals surface area contributed by atoms with E-state index in [4.69, 9.17) is 11.6 Å². The predicted molar refractivity (Wildman–Crippen MR) is 71.4 cm³/mol. The van der Waals surface area contributed by atoms with Crippen molar-refractivity contribution < 1.29 is 4.79 Å². The highest BCUT2D eigenvalue weighted by atomic mass is 35.5. The van der Waals surface area contributed by atoms with Crippen molar-refractivity contribution in [2.24, 2.45) is 5.92 Å². The van der Waals surface area contributed by atoms with Gasteiger partial charge in [0.15, 0.2) is 0 Å². The van der Waals surface area contributed by atoms with Crippen molar-refractivity contribution in [2.45, 2.75) is 32.1 Å². The van der Waals surface area contributed by atoms with Crippen LogP contribution in [0.25, 0.3) is 0 Å². The van der Waals surface area contributed by atoms with Gasteiger partial charge >= 0.3 is 0 Å². The zero-order valence-corrected chi connectivity index (χ0v) is 10.9. The molecular formula is C14H18ClNO. The molecule has 0 aromatic heterocycles. The van der Waals surface area contributed by atoms with Gasteiger partial charge in [-0.3, -0.25) is 4.79 Å². The highest BCUT2D eigenvalue weighted by molar-refractivity contribution is 6.33. The summed E-state index contributed by atoms with van der Waals surface area (Å²) < 4.78 is 0. The molecular weight excluding hydrogens is 234 g/mol. The Bertz CT molecular complexity index is 399. The fraction of sp³-hybridized carbons (Fsp3) is 0.500. The third-order valence-electron chi connectivity index (χ3n) is 3.50. The number of benzene rings is 1. The second-order valence-electron chi connectivity index (χ2n) is 4.68. The smallest absolute Gasteiger partial charge is 0.229 e. The van der Waals surface area contributed by atoms with Gasteiger partial charge in [-0.15, -0.1) is 0 Å². The summed E-state index contributed by atoms with van der Waals surface area (Å²) in [5.41, 5.74) is 0.810. The van der Waals surface area contributed by atoms with Crippen LogP contribution in [0.2, 0.25) is 5.02 Å². The standard InChI is InChI=1S/C14H18ClNO/c1-16(13-10-6-5-9-12(13)15)14(17)11-7-3-2-4-8-11/h5-6,9-11H,2-4,7-8H2,1H3. The van der Waals surface area contributed by atoms with E-state index in [2.05, 4.69) is 0 Å². The number of hydrogen-bond donors (Lipinski definition) is 0. The summed E-state index contributed by atoms with van der Waals surface area (Å²) in [4.78, 5) is 14.0. The summed E-state index contributed by atoms with van der Waals surface area (Å²) in [5.74, 6) is 0.392. The number of halogens is 1. The molecule has 0 aliphatic heterocycles. The first kappa shape index (κ1) is 12.4. The zero-order valence-electron chi connectivity index (χ0n) is 10.2. The summed E-state index contributed by atoms with van der Waals surface area (Å²) in [6.07, 6.45) is 5.65. The fourth-order valence-electron chi connectivity index (χ4n) is 2.47. The van der Waals surface area contributed by atoms with E-state index in [-0.39, 0.29) is 11.8 Å². The van der Waals surface area contributed by atoms with Crippen molar-refractivity contribution in [3.63, 3.8) is 0 Å². The van der Waals surface area contributed by atoms with Crippen LogP contribution in [0.3, 0.4) is 0 Å². The Balaban J connectivity index is 2.11. The molecule has 1 fully saturated rings. The molecule has 1 aromatic rings. The van der Waals surface area contributed by atoms with Crippen molar-refractivity contribution in [3.05, 3.63) is 29.3 Å². The second kappa shape index (κ2) is 5.54. The number of amides is 1. The first-order chi connectivity index (χ1) is 8.20. The molecule has 3 heteroatoms. The lowest BCUT2D eigenvalue weighted by molar-refractivity contribution is -0.123. The van der Waals surface area contributed by atoms with Crippen LogP contribution < -0.4 is 4.90 Å². The molecule has 0 spiro atoms. The van der Waals surface area contributed by atoms with Crippen LogP contribution in [0, 0.1) is 5.92 Å². The Hall–Kier alpha value is -1.02. The minimum atomic E-state index is 0.185. The number of hydrogen-bond acceptors (Lipinski definition) is 1. The average Bonchev–Trinajstić information content (AvgIpc) is 2.39. The average molecular weight is 252 g/mol. The first-order valence-corrected chi connectivity index (χ1v) is 6.60. The highest BCUT2D eigenvalue weighted by Crippen LogP contribution is 2.29. The van der Waals surface area contributed by atoms with Crippen LogP contribution in [0.4, 0.5) is 5.69 Å². The number of nitrogens with zero attached hydrogens (tertiary/aromatic N) is 1. The summed E-state index contributed by atoms with van der Waals surface area (Å²) >= 11 is 6.11. The molecule has 0 N–H and O–H groups in total. The number of para-hydroxylation sites is 1. The lowest BCUT2D eigenvalue weighted by atomic mass is 9.88. The van der Waals surface area contributed by atoms with Crippen molar-refractivity contribution in [1.29, 1.82) is 0 Å². The number of rotatable bonds is 2. The van der Waals surface area contributed by atoms with Gasteiger partial charge in [0.1, 0.15) is 0 Å². The van der Waals surface area contributed by atoms with Gasteiger partial charge in [0, 0.05) is 13.0 Å². The highest BCUT2D eigenvalue weighted by Gasteiger charge is 2.25. The van der Waals surface area contributed by atoms with Crippen LogP contribution in [-0.4, -0.2) is 13.0 Å². The van der Waals surface area contributed by atoms with Crippen LogP contribution in [0.5, 0.6) is 0 Å². The maximum Gasteiger partial charge on any atom is 0.229 e. The molecule has 92 valence electrons. The summed E-state index contributed by atoms with van der Waals surface area (Å²) in [6.45, 7) is 0. The van der Waals surface area contributed by atoms with Gasteiger partial charge in [0.2, 0.25) is 5.91 Å². The lowest BCUT2D eigenvalue weighted by Gasteiger charge is -2.27. The van der Waals surface area contributed by atoms with Gasteiger partial charge in [0.25, 0.3) is 0 Å². The molecule has 1 saturated carbocycles. The summed E-state index contributed by atoms with van der Waals surface area (Å²) in [6, 6.07) is 7.50. The maximum absolute atomic E-state index is 12.3. The van der Waals surface area contributed by atoms with Gasteiger partial charge in [-0.25, -0.2) is 0 Å². The third kappa shape index (κ3) is 2.81. The fourth-order valence-corrected chi connectivity index (χ4v) is 2.73. The summed E-state index contributed by atoms with van der Waals surface area (Å²) in [5, 5.41) is 0.638. The van der Waals surface area contributed by atoms with E-state index in [0.29, 0.717) is 5.02 Å². The topological polar surface area (TPSA) is 20.3 Å². The van der Waals surface area contributed by atoms with Crippen LogP contribution in [0.1, 0.15) is 32.1 Å². The van der Waals surface area contributed by atoms with E-state index in [1.54, 1.807) is 4.90 Å². The monoisotopic (exact) mass is 251 g/mol. The lowest BCUT2D eigenvalue weighted by Crippen LogP contribution is -2.34. The summed E-state index contributed by atoms with van der Waals surface area (Å²) in [7, 11) is 1.82. The van der Waals surface area contributed by atoms with E-state index >= 15 is 0 Å². The van der Waals surface area contributed by atoms with Crippen molar-refractivity contribution >= 4 is 23.2 Å². The maximum atomic E-state index is 12.3. The molecule has 1 aromatic carbocycles. The predicted octanol–water partition coefficient (Wildman–Crippen LogP) is 3.88. The number of carbonyl (C=O) groups excluding carboxylic acids is 1. The third-order valence-corrected chi connectivity index (χ3v) is 3.82. The Morgan fingerprint density at radius 2 is 1.88 bits per heavy atom. The SMILES string of the molecule is CN(C(=O)C1CCCCC1)c1ccccc1Cl. The molecule has 0 unspecified atom stereocenters. The Morgan fingerprint density at radius 3 is 2.53 bits per heavy atom. The molecule has 0 bridgehead atoms. The largest absolute Gasteiger partial charge is 0.314 e. The quantitative estimate of drug-likeness (QED) is 0.781. The number of anilines is 1. The molecule has 17 heavy (non-hydrogen) atoms. The van der Waals surface area contributed by atoms with Crippen molar-refractivity contribution in [1.82, 2.24) is 0 Å². The molecule has 0 heterocycles. The van der Waals surface area contributed by atoms with Gasteiger partial charge in [-0.05, 0) is 25.0 Å². The Labute approximate surface area is 108 Å². The van der Waals surface area contributed by atoms with E-state index < -0.39 is 0 Å². The minimum absolute atomic E-state index is 0.185. The normalized spacial score (nSPS) is 16.8. The minimum Gasteiger partial charge on any atom is -0.314 e. The molecule has 1 aliphatic rings. The van der Waals surface area contributed by atoms with Crippen molar-refractivity contribution in [3.8, 4) is 0 Å². The molecule has 2 rings (SSSR count). The molecule has 2 nitrogen and oxygen atoms in total. The molecule has 0 saturated heterocycles. The van der Waals surface area contributed by atoms with E-state index in [1.807, 2.05) is 31.3 Å². The molecule has 0 atom stereocenters. The zero-order chi connectivity index (χ0) is 12.3. The molecule has 0 radical (unpaired) electrons. The van der Waals surface area contributed by atoms with Gasteiger partial charge in [-0.2, -0.15) is 0 Å². The second-order valence-corrected chi connectivity index (χ2v) is 5.09. The van der Waals surface area contributed by atoms with E-state index in [0.717, 1.165) is 18.5 Å². The Morgan fingerprint density at radius 1 is 1.24 bits per heavy atom. The molecule has 1 amide bonds. The number of carbonyl (C=O) groups is 1. The first-order valence-electron chi connectivity index (χ1n) is 6.22. The van der Waals surface area contributed by atoms with Crippen LogP contribution in [0.15, 0.2) is 24.3 Å². The van der Waals surface area contributed by atoms with Gasteiger partial charge in [0.05, 0.1) is 10.7 Å². The van der Waals surface area contributed by atoms with Gasteiger partial charge < -0.3 is 4.90 Å². The van der Waals surface area contributed by atoms with E-state index in [1.165, 1.54) is 19.3 Å². The Kier molecular flexibility index (Phi) is 4.06. The van der Waals surface area contributed by atoms with Crippen molar-refractivity contribution in [2.75, 3.05) is 11.9 Å². The molecule has 1 aliphatic carbocycles. The van der Waals surface area contributed by atoms with Crippen LogP contribution in [-0.2, 0) is 4.79 Å². The van der Waals surface area contributed by atoms with Crippen LogP contribution >= 0.6 is 11.6 Å². The van der Waals surface area contributed by atoms with E-state index in [9.17, 15) is 4.79 Å². The van der Waals surface area contributed by atoms with Gasteiger partial charge in [-0.1, -0.05) is 43.0 Å².